The number of benzene rings is 2. The molecule has 2 aromatic carbocycles. The number of carbonyl (C=O) groups excluding carboxylic acids is 1. The van der Waals surface area contributed by atoms with Gasteiger partial charge in [0.05, 0.1) is 26.3 Å². The lowest BCUT2D eigenvalue weighted by Gasteiger charge is -2.08. The first kappa shape index (κ1) is 17.2. The van der Waals surface area contributed by atoms with Crippen molar-refractivity contribution in [1.82, 2.24) is 4.98 Å². The summed E-state index contributed by atoms with van der Waals surface area (Å²) >= 11 is 19.4. The minimum atomic E-state index is -0.637. The largest absolute Gasteiger partial charge is 0.455 e. The Balaban J connectivity index is 1.72. The fourth-order valence-corrected chi connectivity index (χ4v) is 3.51. The number of thiazole rings is 1. The van der Waals surface area contributed by atoms with E-state index in [1.54, 1.807) is 0 Å². The molecule has 3 rings (SSSR count). The van der Waals surface area contributed by atoms with E-state index in [4.69, 9.17) is 39.5 Å². The molecule has 0 bridgehead atoms. The van der Waals surface area contributed by atoms with Crippen molar-refractivity contribution >= 4 is 52.1 Å². The number of hydrogen-bond acceptors (Lipinski definition) is 4. The molecule has 0 saturated heterocycles. The van der Waals surface area contributed by atoms with E-state index in [2.05, 4.69) is 4.98 Å². The number of carbonyl (C=O) groups is 1. The van der Waals surface area contributed by atoms with Crippen molar-refractivity contribution in [2.24, 2.45) is 0 Å². The first-order valence-corrected chi connectivity index (χ1v) is 8.88. The van der Waals surface area contributed by atoms with E-state index in [0.29, 0.717) is 5.69 Å². The van der Waals surface area contributed by atoms with E-state index in [1.165, 1.54) is 23.5 Å². The Morgan fingerprint density at radius 1 is 1.04 bits per heavy atom. The van der Waals surface area contributed by atoms with E-state index < -0.39 is 5.97 Å². The van der Waals surface area contributed by atoms with E-state index in [1.807, 2.05) is 35.7 Å². The molecule has 3 nitrogen and oxygen atoms in total. The average molecular weight is 399 g/mol. The maximum Gasteiger partial charge on any atom is 0.341 e. The maximum atomic E-state index is 12.2. The van der Waals surface area contributed by atoms with Crippen LogP contribution in [0.3, 0.4) is 0 Å². The fourth-order valence-electron chi connectivity index (χ4n) is 2.01. The van der Waals surface area contributed by atoms with Crippen LogP contribution in [0.4, 0.5) is 0 Å². The van der Waals surface area contributed by atoms with Gasteiger partial charge in [-0.1, -0.05) is 65.1 Å². The number of ether oxygens (including phenoxy) is 1. The van der Waals surface area contributed by atoms with Crippen molar-refractivity contribution in [3.8, 4) is 10.6 Å². The molecule has 0 amide bonds. The number of halogens is 3. The van der Waals surface area contributed by atoms with Gasteiger partial charge in [-0.25, -0.2) is 9.78 Å². The fraction of sp³-hybridized carbons (Fsp3) is 0.0588. The molecule has 0 spiro atoms. The van der Waals surface area contributed by atoms with Crippen molar-refractivity contribution in [2.75, 3.05) is 0 Å². The molecule has 0 fully saturated rings. The van der Waals surface area contributed by atoms with E-state index in [0.717, 1.165) is 10.6 Å². The number of aromatic nitrogens is 1. The van der Waals surface area contributed by atoms with Crippen LogP contribution in [0.2, 0.25) is 15.1 Å². The molecule has 0 aliphatic carbocycles. The van der Waals surface area contributed by atoms with Crippen molar-refractivity contribution in [2.45, 2.75) is 6.61 Å². The van der Waals surface area contributed by atoms with Gasteiger partial charge in [0.25, 0.3) is 0 Å². The van der Waals surface area contributed by atoms with Crippen LogP contribution in [-0.4, -0.2) is 11.0 Å². The molecule has 0 aliphatic heterocycles. The summed E-state index contributed by atoms with van der Waals surface area (Å²) < 4.78 is 5.26. The molecule has 122 valence electrons. The Bertz CT molecular complexity index is 881. The van der Waals surface area contributed by atoms with Crippen LogP contribution in [0, 0.1) is 0 Å². The Morgan fingerprint density at radius 3 is 2.50 bits per heavy atom. The van der Waals surface area contributed by atoms with E-state index in [-0.39, 0.29) is 27.2 Å². The predicted octanol–water partition coefficient (Wildman–Crippen LogP) is 6.13. The van der Waals surface area contributed by atoms with Crippen LogP contribution >= 0.6 is 46.1 Å². The van der Waals surface area contributed by atoms with Crippen molar-refractivity contribution in [1.29, 1.82) is 0 Å². The van der Waals surface area contributed by atoms with Crippen LogP contribution in [0.15, 0.2) is 47.8 Å². The highest BCUT2D eigenvalue weighted by atomic mass is 35.5. The first-order chi connectivity index (χ1) is 11.6. The minimum absolute atomic E-state index is 0.0291. The molecular weight excluding hydrogens is 389 g/mol. The smallest absolute Gasteiger partial charge is 0.341 e. The average Bonchev–Trinajstić information content (AvgIpc) is 3.06. The van der Waals surface area contributed by atoms with Gasteiger partial charge in [-0.15, -0.1) is 11.3 Å². The summed E-state index contributed by atoms with van der Waals surface area (Å²) in [6.45, 7) is 0.0291. The lowest BCUT2D eigenvalue weighted by Crippen LogP contribution is -2.07. The monoisotopic (exact) mass is 397 g/mol. The highest BCUT2D eigenvalue weighted by Crippen LogP contribution is 2.32. The molecule has 0 N–H and O–H groups in total. The molecule has 1 heterocycles. The Labute approximate surface area is 157 Å². The summed E-state index contributed by atoms with van der Waals surface area (Å²) in [5.41, 5.74) is 1.73. The van der Waals surface area contributed by atoms with Gasteiger partial charge in [-0.05, 0) is 12.1 Å². The van der Waals surface area contributed by atoms with Gasteiger partial charge in [0.1, 0.15) is 11.6 Å². The van der Waals surface area contributed by atoms with Gasteiger partial charge in [-0.3, -0.25) is 0 Å². The zero-order valence-electron chi connectivity index (χ0n) is 12.1. The summed E-state index contributed by atoms with van der Waals surface area (Å²) in [5, 5.41) is 3.22. The molecular formula is C17H10Cl3NO2S. The third kappa shape index (κ3) is 3.73. The second-order valence-electron chi connectivity index (χ2n) is 4.80. The number of esters is 1. The summed E-state index contributed by atoms with van der Waals surface area (Å²) in [6, 6.07) is 12.8. The predicted molar refractivity (Wildman–Crippen MR) is 98.1 cm³/mol. The minimum Gasteiger partial charge on any atom is -0.455 e. The first-order valence-electron chi connectivity index (χ1n) is 6.86. The van der Waals surface area contributed by atoms with Gasteiger partial charge in [0, 0.05) is 10.9 Å². The summed E-state index contributed by atoms with van der Waals surface area (Å²) in [5.74, 6) is -0.637. The highest BCUT2D eigenvalue weighted by molar-refractivity contribution is 7.13. The second kappa shape index (κ2) is 7.53. The van der Waals surface area contributed by atoms with E-state index >= 15 is 0 Å². The Kier molecular flexibility index (Phi) is 5.41. The van der Waals surface area contributed by atoms with Gasteiger partial charge in [0.15, 0.2) is 0 Å². The number of nitrogens with zero attached hydrogens (tertiary/aromatic N) is 1. The highest BCUT2D eigenvalue weighted by Gasteiger charge is 2.19. The third-order valence-corrected chi connectivity index (χ3v) is 5.23. The SMILES string of the molecule is O=C(OCc1csc(-c2ccccc2)n1)c1c(Cl)ccc(Cl)c1Cl. The molecule has 24 heavy (non-hydrogen) atoms. The molecule has 1 aromatic heterocycles. The maximum absolute atomic E-state index is 12.2. The second-order valence-corrected chi connectivity index (χ2v) is 6.85. The van der Waals surface area contributed by atoms with Crippen LogP contribution in [0.25, 0.3) is 10.6 Å². The van der Waals surface area contributed by atoms with Crippen LogP contribution in [0.5, 0.6) is 0 Å². The molecule has 0 radical (unpaired) electrons. The Hall–Kier alpha value is -1.59. The van der Waals surface area contributed by atoms with Gasteiger partial charge in [-0.2, -0.15) is 0 Å². The van der Waals surface area contributed by atoms with Crippen molar-refractivity contribution in [3.05, 3.63) is 74.2 Å². The van der Waals surface area contributed by atoms with E-state index in [9.17, 15) is 4.79 Å². The molecule has 0 saturated carbocycles. The quantitative estimate of drug-likeness (QED) is 0.392. The number of hydrogen-bond donors (Lipinski definition) is 0. The lowest BCUT2D eigenvalue weighted by molar-refractivity contribution is 0.0469. The van der Waals surface area contributed by atoms with Crippen LogP contribution < -0.4 is 0 Å². The summed E-state index contributed by atoms with van der Waals surface area (Å²) in [6.07, 6.45) is 0. The third-order valence-electron chi connectivity index (χ3n) is 3.17. The zero-order chi connectivity index (χ0) is 17.1. The molecule has 0 aliphatic rings. The molecule has 0 unspecified atom stereocenters. The topological polar surface area (TPSA) is 39.2 Å². The zero-order valence-corrected chi connectivity index (χ0v) is 15.2. The summed E-state index contributed by atoms with van der Waals surface area (Å²) in [4.78, 5) is 16.7. The number of rotatable bonds is 4. The van der Waals surface area contributed by atoms with Gasteiger partial charge < -0.3 is 4.74 Å². The van der Waals surface area contributed by atoms with Gasteiger partial charge >= 0.3 is 5.97 Å². The normalized spacial score (nSPS) is 10.6. The van der Waals surface area contributed by atoms with Crippen molar-refractivity contribution in [3.63, 3.8) is 0 Å². The van der Waals surface area contributed by atoms with Crippen molar-refractivity contribution < 1.29 is 9.53 Å². The molecule has 0 atom stereocenters. The summed E-state index contributed by atoms with van der Waals surface area (Å²) in [7, 11) is 0. The molecule has 3 aromatic rings. The standard InChI is InChI=1S/C17H10Cl3NO2S/c18-12-6-7-13(19)15(20)14(12)17(22)23-8-11-9-24-16(21-11)10-4-2-1-3-5-10/h1-7,9H,8H2. The van der Waals surface area contributed by atoms with Gasteiger partial charge in [0.2, 0.25) is 0 Å². The lowest BCUT2D eigenvalue weighted by atomic mass is 10.2. The molecule has 7 heteroatoms. The van der Waals surface area contributed by atoms with Crippen LogP contribution in [0.1, 0.15) is 16.1 Å². The Morgan fingerprint density at radius 2 is 1.75 bits per heavy atom. The van der Waals surface area contributed by atoms with Crippen LogP contribution in [-0.2, 0) is 11.3 Å².